The van der Waals surface area contributed by atoms with E-state index in [1.54, 1.807) is 17.0 Å². The molecule has 0 heterocycles. The molecule has 0 aliphatic rings. The standard InChI is InChI=1S/C24H30F3NO4S/c1-6-17(2)28(22(29)15-23(3,4)5)16-18-9-7-11-20(13-18)32-33(30,31)21-12-8-10-19(14-21)24(25,26)27/h7-14,17H,6,15-16H2,1-5H3. The number of carbonyl (C=O) groups excluding carboxylic acids is 1. The van der Waals surface area contributed by atoms with Gasteiger partial charge in [-0.15, -0.1) is 0 Å². The highest BCUT2D eigenvalue weighted by Gasteiger charge is 2.32. The number of hydrogen-bond acceptors (Lipinski definition) is 4. The van der Waals surface area contributed by atoms with Crippen molar-refractivity contribution in [2.45, 2.75) is 71.1 Å². The summed E-state index contributed by atoms with van der Waals surface area (Å²) in [6.07, 6.45) is -3.57. The molecule has 1 unspecified atom stereocenters. The Labute approximate surface area is 193 Å². The number of amides is 1. The predicted octanol–water partition coefficient (Wildman–Crippen LogP) is 6.04. The van der Waals surface area contributed by atoms with E-state index in [1.165, 1.54) is 12.1 Å². The van der Waals surface area contributed by atoms with E-state index in [4.69, 9.17) is 4.18 Å². The lowest BCUT2D eigenvalue weighted by Crippen LogP contribution is -2.39. The molecule has 182 valence electrons. The molecule has 0 aromatic heterocycles. The molecule has 33 heavy (non-hydrogen) atoms. The van der Waals surface area contributed by atoms with Crippen molar-refractivity contribution < 1.29 is 30.6 Å². The van der Waals surface area contributed by atoms with Crippen LogP contribution in [0, 0.1) is 5.41 Å². The maximum absolute atomic E-state index is 13.0. The summed E-state index contributed by atoms with van der Waals surface area (Å²) in [4.78, 5) is 14.0. The van der Waals surface area contributed by atoms with Crippen molar-refractivity contribution in [1.29, 1.82) is 0 Å². The first kappa shape index (κ1) is 26.7. The fourth-order valence-electron chi connectivity index (χ4n) is 3.16. The summed E-state index contributed by atoms with van der Waals surface area (Å²) < 4.78 is 69.1. The van der Waals surface area contributed by atoms with Gasteiger partial charge in [-0.05, 0) is 54.7 Å². The van der Waals surface area contributed by atoms with Crippen LogP contribution in [0.25, 0.3) is 0 Å². The van der Waals surface area contributed by atoms with E-state index >= 15 is 0 Å². The molecule has 1 amide bonds. The zero-order chi connectivity index (χ0) is 25.0. The SMILES string of the molecule is CCC(C)N(Cc1cccc(OS(=O)(=O)c2cccc(C(F)(F)F)c2)c1)C(=O)CC(C)(C)C. The van der Waals surface area contributed by atoms with Crippen molar-refractivity contribution in [3.63, 3.8) is 0 Å². The molecular weight excluding hydrogens is 455 g/mol. The molecule has 2 aromatic carbocycles. The predicted molar refractivity (Wildman–Crippen MR) is 120 cm³/mol. The van der Waals surface area contributed by atoms with E-state index in [9.17, 15) is 26.4 Å². The minimum atomic E-state index is -4.68. The van der Waals surface area contributed by atoms with Crippen molar-refractivity contribution >= 4 is 16.0 Å². The molecule has 0 spiro atoms. The molecule has 9 heteroatoms. The Kier molecular flexibility index (Phi) is 8.22. The highest BCUT2D eigenvalue weighted by atomic mass is 32.2. The van der Waals surface area contributed by atoms with Crippen molar-refractivity contribution in [3.8, 4) is 5.75 Å². The highest BCUT2D eigenvalue weighted by Crippen LogP contribution is 2.31. The van der Waals surface area contributed by atoms with Gasteiger partial charge in [-0.2, -0.15) is 21.6 Å². The Bertz CT molecular complexity index is 1080. The van der Waals surface area contributed by atoms with Crippen LogP contribution < -0.4 is 4.18 Å². The van der Waals surface area contributed by atoms with Gasteiger partial charge in [0.05, 0.1) is 5.56 Å². The van der Waals surface area contributed by atoms with Gasteiger partial charge in [0.2, 0.25) is 5.91 Å². The summed E-state index contributed by atoms with van der Waals surface area (Å²) >= 11 is 0. The van der Waals surface area contributed by atoms with Crippen LogP contribution in [0.3, 0.4) is 0 Å². The summed E-state index contributed by atoms with van der Waals surface area (Å²) in [5, 5.41) is 0. The lowest BCUT2D eigenvalue weighted by molar-refractivity contribution is -0.138. The van der Waals surface area contributed by atoms with E-state index in [1.807, 2.05) is 34.6 Å². The van der Waals surface area contributed by atoms with Crippen molar-refractivity contribution in [3.05, 3.63) is 59.7 Å². The topological polar surface area (TPSA) is 63.7 Å². The van der Waals surface area contributed by atoms with Crippen molar-refractivity contribution in [1.82, 2.24) is 4.90 Å². The third-order valence-electron chi connectivity index (χ3n) is 5.03. The fraction of sp³-hybridized carbons (Fsp3) is 0.458. The first-order valence-electron chi connectivity index (χ1n) is 10.6. The number of rotatable bonds is 8. The number of benzene rings is 2. The third kappa shape index (κ3) is 7.77. The minimum absolute atomic E-state index is 0.0141. The van der Waals surface area contributed by atoms with Crippen LogP contribution in [0.1, 0.15) is 58.6 Å². The van der Waals surface area contributed by atoms with Gasteiger partial charge in [0, 0.05) is 19.0 Å². The first-order valence-corrected chi connectivity index (χ1v) is 12.0. The summed E-state index contributed by atoms with van der Waals surface area (Å²) in [5.41, 5.74) is -0.621. The second-order valence-electron chi connectivity index (χ2n) is 9.23. The van der Waals surface area contributed by atoms with Gasteiger partial charge in [-0.1, -0.05) is 45.9 Å². The number of nitrogens with zero attached hydrogens (tertiary/aromatic N) is 1. The molecule has 1 atom stereocenters. The van der Waals surface area contributed by atoms with E-state index in [0.29, 0.717) is 18.1 Å². The van der Waals surface area contributed by atoms with Crippen LogP contribution in [-0.2, 0) is 27.6 Å². The zero-order valence-corrected chi connectivity index (χ0v) is 20.3. The number of alkyl halides is 3. The molecule has 2 aromatic rings. The molecule has 0 saturated heterocycles. The molecule has 0 aliphatic heterocycles. The number of hydrogen-bond donors (Lipinski definition) is 0. The van der Waals surface area contributed by atoms with Crippen LogP contribution in [0.15, 0.2) is 53.4 Å². The molecular formula is C24H30F3NO4S. The summed E-state index contributed by atoms with van der Waals surface area (Å²) in [5.74, 6) is -0.0583. The van der Waals surface area contributed by atoms with E-state index in [-0.39, 0.29) is 29.7 Å². The Balaban J connectivity index is 2.27. The van der Waals surface area contributed by atoms with Gasteiger partial charge < -0.3 is 9.08 Å². The smallest absolute Gasteiger partial charge is 0.379 e. The minimum Gasteiger partial charge on any atom is -0.379 e. The summed E-state index contributed by atoms with van der Waals surface area (Å²) in [6.45, 7) is 10.1. The van der Waals surface area contributed by atoms with Gasteiger partial charge in [0.1, 0.15) is 10.6 Å². The van der Waals surface area contributed by atoms with Crippen LogP contribution in [0.2, 0.25) is 0 Å². The maximum atomic E-state index is 13.0. The van der Waals surface area contributed by atoms with Gasteiger partial charge >= 0.3 is 16.3 Å². The monoisotopic (exact) mass is 485 g/mol. The lowest BCUT2D eigenvalue weighted by Gasteiger charge is -2.31. The summed E-state index contributed by atoms with van der Waals surface area (Å²) in [7, 11) is -4.48. The highest BCUT2D eigenvalue weighted by molar-refractivity contribution is 7.87. The lowest BCUT2D eigenvalue weighted by atomic mass is 9.91. The summed E-state index contributed by atoms with van der Waals surface area (Å²) in [6, 6.07) is 9.55. The third-order valence-corrected chi connectivity index (χ3v) is 6.28. The van der Waals surface area contributed by atoms with Crippen molar-refractivity contribution in [2.24, 2.45) is 5.41 Å². The van der Waals surface area contributed by atoms with Crippen LogP contribution >= 0.6 is 0 Å². The van der Waals surface area contributed by atoms with E-state index < -0.39 is 26.8 Å². The number of carbonyl (C=O) groups is 1. The van der Waals surface area contributed by atoms with Gasteiger partial charge in [-0.3, -0.25) is 4.79 Å². The average molecular weight is 486 g/mol. The molecule has 0 fully saturated rings. The van der Waals surface area contributed by atoms with Crippen molar-refractivity contribution in [2.75, 3.05) is 0 Å². The van der Waals surface area contributed by atoms with Gasteiger partial charge in [0.15, 0.2) is 0 Å². The van der Waals surface area contributed by atoms with Gasteiger partial charge in [0.25, 0.3) is 0 Å². The van der Waals surface area contributed by atoms with Crippen LogP contribution in [0.5, 0.6) is 5.75 Å². The van der Waals surface area contributed by atoms with E-state index in [0.717, 1.165) is 24.6 Å². The quantitative estimate of drug-likeness (QED) is 0.428. The maximum Gasteiger partial charge on any atom is 0.416 e. The Morgan fingerprint density at radius 1 is 1.06 bits per heavy atom. The molecule has 2 rings (SSSR count). The normalized spacial score (nSPS) is 13.5. The number of halogens is 3. The Morgan fingerprint density at radius 2 is 1.70 bits per heavy atom. The van der Waals surface area contributed by atoms with Gasteiger partial charge in [-0.25, -0.2) is 0 Å². The second kappa shape index (κ2) is 10.2. The Morgan fingerprint density at radius 3 is 2.27 bits per heavy atom. The molecule has 5 nitrogen and oxygen atoms in total. The van der Waals surface area contributed by atoms with Crippen LogP contribution in [-0.4, -0.2) is 25.3 Å². The average Bonchev–Trinajstić information content (AvgIpc) is 2.69. The second-order valence-corrected chi connectivity index (χ2v) is 10.8. The Hall–Kier alpha value is -2.55. The fourth-order valence-corrected chi connectivity index (χ4v) is 4.13. The molecule has 0 aliphatic carbocycles. The largest absolute Gasteiger partial charge is 0.416 e. The first-order chi connectivity index (χ1) is 15.1. The molecule has 0 N–H and O–H groups in total. The molecule has 0 radical (unpaired) electrons. The van der Waals surface area contributed by atoms with E-state index in [2.05, 4.69) is 0 Å². The van der Waals surface area contributed by atoms with Crippen LogP contribution in [0.4, 0.5) is 13.2 Å². The zero-order valence-electron chi connectivity index (χ0n) is 19.4. The molecule has 0 bridgehead atoms. The molecule has 0 saturated carbocycles.